The van der Waals surface area contributed by atoms with Crippen molar-refractivity contribution >= 4 is 49.3 Å². The third-order valence-corrected chi connectivity index (χ3v) is 17.5. The highest BCUT2D eigenvalue weighted by atomic mass is 15.0. The van der Waals surface area contributed by atoms with Crippen LogP contribution >= 0.6 is 0 Å². The van der Waals surface area contributed by atoms with Gasteiger partial charge in [-0.05, 0) is 133 Å². The topological polar surface area (TPSA) is 38.0 Å². The molecule has 2 unspecified atom stereocenters. The Kier molecular flexibility index (Phi) is 9.45. The SMILES string of the molecule is [C-]#[N+]c1c(C#N)c(-n2c3ccccc3c3cc(-c4ccccc4)ccc32)c2c(c1-n1c3ccccc3c3cc(-c4ccccc4)ccc31)C(C1c3ccccc3-c3ccccc31)CC2C1c2ccccc2-c2ccccc21. The lowest BCUT2D eigenvalue weighted by molar-refractivity contribution is 0.517. The third kappa shape index (κ3) is 6.13. The van der Waals surface area contributed by atoms with Crippen LogP contribution in [0.3, 0.4) is 0 Å². The molecule has 0 amide bonds. The molecule has 2 aromatic heterocycles. The van der Waals surface area contributed by atoms with Crippen molar-refractivity contribution in [3.8, 4) is 62.0 Å². The Morgan fingerprint density at radius 3 is 1.17 bits per heavy atom. The molecule has 0 aliphatic heterocycles. The normalized spacial score (nSPS) is 15.4. The quantitative estimate of drug-likeness (QED) is 0.153. The van der Waals surface area contributed by atoms with E-state index >= 15 is 0 Å². The predicted molar refractivity (Wildman–Crippen MR) is 315 cm³/mol. The Labute approximate surface area is 446 Å². The fourth-order valence-corrected chi connectivity index (χ4v) is 14.6. The summed E-state index contributed by atoms with van der Waals surface area (Å²) in [6, 6.07) is 90.9. The highest BCUT2D eigenvalue weighted by molar-refractivity contribution is 6.13. The fourth-order valence-electron chi connectivity index (χ4n) is 14.6. The average Bonchev–Trinajstić information content (AvgIpc) is 4.10. The Morgan fingerprint density at radius 2 is 0.740 bits per heavy atom. The first kappa shape index (κ1) is 43.4. The van der Waals surface area contributed by atoms with E-state index in [1.165, 1.54) is 44.5 Å². The van der Waals surface area contributed by atoms with Crippen LogP contribution in [0.25, 0.3) is 104 Å². The van der Waals surface area contributed by atoms with E-state index in [9.17, 15) is 11.8 Å². The van der Waals surface area contributed by atoms with Gasteiger partial charge in [0.05, 0.1) is 51.6 Å². The standard InChI is InChI=1S/C73H46N4/c1-75-71-62(43-74)72(76-63-34-18-16-28-52(63)58-40-46(36-38-65(58)76)44-20-4-2-5-21-44)69-60(67-54-30-12-8-24-48(54)49-25-9-13-31-55(49)67)42-61(68-56-32-14-10-26-50(56)51-27-11-15-33-57(51)68)70(69)73(71)77-64-35-19-17-29-53(64)59-41-47(37-39-66(59)77)45-22-6-3-7-23-45/h2-41,60-61,67-68H,42H2. The molecule has 2 atom stereocenters. The molecular weight excluding hydrogens is 933 g/mol. The average molecular weight is 979 g/mol. The van der Waals surface area contributed by atoms with Gasteiger partial charge in [-0.15, -0.1) is 0 Å². The molecule has 0 radical (unpaired) electrons. The Hall–Kier alpha value is -10.0. The van der Waals surface area contributed by atoms with E-state index in [2.05, 4.69) is 263 Å². The molecule has 3 aliphatic carbocycles. The first-order valence-corrected chi connectivity index (χ1v) is 26.7. The first-order chi connectivity index (χ1) is 38.2. The second-order valence-electron chi connectivity index (χ2n) is 21.1. The number of hydrogen-bond acceptors (Lipinski definition) is 1. The molecule has 0 spiro atoms. The van der Waals surface area contributed by atoms with Gasteiger partial charge in [0.2, 0.25) is 5.69 Å². The van der Waals surface area contributed by atoms with E-state index in [1.807, 2.05) is 0 Å². The van der Waals surface area contributed by atoms with Crippen LogP contribution in [0.1, 0.15) is 69.0 Å². The van der Waals surface area contributed by atoms with Gasteiger partial charge in [0, 0.05) is 33.4 Å². The Balaban J connectivity index is 1.10. The van der Waals surface area contributed by atoms with Crippen LogP contribution in [0.4, 0.5) is 5.69 Å². The lowest BCUT2D eigenvalue weighted by atomic mass is 9.77. The van der Waals surface area contributed by atoms with Crippen LogP contribution in [-0.4, -0.2) is 9.13 Å². The van der Waals surface area contributed by atoms with E-state index in [0.29, 0.717) is 11.3 Å². The van der Waals surface area contributed by atoms with Crippen molar-refractivity contribution in [3.63, 3.8) is 0 Å². The highest BCUT2D eigenvalue weighted by Gasteiger charge is 2.50. The molecule has 77 heavy (non-hydrogen) atoms. The summed E-state index contributed by atoms with van der Waals surface area (Å²) < 4.78 is 4.76. The summed E-state index contributed by atoms with van der Waals surface area (Å²) in [5.41, 5.74) is 23.5. The number of rotatable bonds is 6. The van der Waals surface area contributed by atoms with Crippen LogP contribution in [0.5, 0.6) is 0 Å². The second kappa shape index (κ2) is 16.8. The molecule has 0 N–H and O–H groups in total. The van der Waals surface area contributed by atoms with Crippen LogP contribution < -0.4 is 0 Å². The third-order valence-electron chi connectivity index (χ3n) is 17.5. The van der Waals surface area contributed by atoms with E-state index in [0.717, 1.165) is 94.8 Å². The van der Waals surface area contributed by atoms with Crippen molar-refractivity contribution in [1.82, 2.24) is 9.13 Å². The van der Waals surface area contributed by atoms with Crippen LogP contribution in [0.2, 0.25) is 0 Å². The minimum atomic E-state index is -0.113. The molecule has 0 bridgehead atoms. The summed E-state index contributed by atoms with van der Waals surface area (Å²) in [6.07, 6.45) is 0.785. The summed E-state index contributed by atoms with van der Waals surface area (Å²) in [7, 11) is 0. The number of nitrogens with zero attached hydrogens (tertiary/aromatic N) is 4. The fraction of sp³-hybridized carbons (Fsp3) is 0.0685. The second-order valence-corrected chi connectivity index (χ2v) is 21.1. The van der Waals surface area contributed by atoms with E-state index in [4.69, 9.17) is 0 Å². The van der Waals surface area contributed by atoms with Crippen molar-refractivity contribution in [2.24, 2.45) is 0 Å². The van der Waals surface area contributed by atoms with Gasteiger partial charge in [-0.1, -0.05) is 206 Å². The maximum Gasteiger partial charge on any atom is 0.230 e. The Bertz CT molecular complexity index is 4320. The zero-order valence-electron chi connectivity index (χ0n) is 41.9. The number of aromatic nitrogens is 2. The summed E-state index contributed by atoms with van der Waals surface area (Å²) in [6.45, 7) is 9.60. The van der Waals surface area contributed by atoms with E-state index in [1.54, 1.807) is 0 Å². The molecule has 4 nitrogen and oxygen atoms in total. The minimum Gasteiger partial charge on any atom is -0.319 e. The van der Waals surface area contributed by atoms with Crippen molar-refractivity contribution in [2.75, 3.05) is 0 Å². The molecule has 13 aromatic rings. The molecular formula is C73H46N4. The predicted octanol–water partition coefficient (Wildman–Crippen LogP) is 18.8. The van der Waals surface area contributed by atoms with Gasteiger partial charge in [-0.3, -0.25) is 0 Å². The smallest absolute Gasteiger partial charge is 0.230 e. The van der Waals surface area contributed by atoms with Crippen molar-refractivity contribution in [2.45, 2.75) is 30.1 Å². The van der Waals surface area contributed by atoms with Crippen molar-refractivity contribution < 1.29 is 0 Å². The molecule has 0 saturated carbocycles. The van der Waals surface area contributed by atoms with Crippen LogP contribution in [0, 0.1) is 17.9 Å². The molecule has 11 aromatic carbocycles. The maximum atomic E-state index is 12.3. The molecule has 358 valence electrons. The number of nitriles is 1. The Morgan fingerprint density at radius 1 is 0.377 bits per heavy atom. The summed E-state index contributed by atoms with van der Waals surface area (Å²) >= 11 is 0. The van der Waals surface area contributed by atoms with Gasteiger partial charge in [-0.25, -0.2) is 4.85 Å². The lowest BCUT2D eigenvalue weighted by Gasteiger charge is -2.28. The molecule has 0 fully saturated rings. The minimum absolute atomic E-state index is 0.0412. The van der Waals surface area contributed by atoms with Crippen LogP contribution in [-0.2, 0) is 0 Å². The van der Waals surface area contributed by atoms with Crippen LogP contribution in [0.15, 0.2) is 243 Å². The lowest BCUT2D eigenvalue weighted by Crippen LogP contribution is -2.14. The molecule has 4 heteroatoms. The van der Waals surface area contributed by atoms with E-state index in [-0.39, 0.29) is 23.7 Å². The van der Waals surface area contributed by atoms with Gasteiger partial charge in [0.25, 0.3) is 0 Å². The highest BCUT2D eigenvalue weighted by Crippen LogP contribution is 2.66. The summed E-state index contributed by atoms with van der Waals surface area (Å²) in [4.78, 5) is 4.68. The summed E-state index contributed by atoms with van der Waals surface area (Å²) in [5.74, 6) is -0.308. The zero-order valence-corrected chi connectivity index (χ0v) is 41.9. The maximum absolute atomic E-state index is 12.3. The number of hydrogen-bond donors (Lipinski definition) is 0. The van der Waals surface area contributed by atoms with Gasteiger partial charge in [0.15, 0.2) is 0 Å². The van der Waals surface area contributed by atoms with Gasteiger partial charge in [-0.2, -0.15) is 5.26 Å². The zero-order chi connectivity index (χ0) is 50.9. The molecule has 0 saturated heterocycles. The number of para-hydroxylation sites is 2. The summed E-state index contributed by atoms with van der Waals surface area (Å²) in [5, 5.41) is 16.7. The monoisotopic (exact) mass is 978 g/mol. The first-order valence-electron chi connectivity index (χ1n) is 26.7. The van der Waals surface area contributed by atoms with Gasteiger partial charge < -0.3 is 9.13 Å². The largest absolute Gasteiger partial charge is 0.319 e. The molecule has 2 heterocycles. The number of fused-ring (bicyclic) bond motifs is 13. The molecule has 16 rings (SSSR count). The molecule has 3 aliphatic rings. The van der Waals surface area contributed by atoms with Crippen molar-refractivity contribution in [1.29, 1.82) is 5.26 Å². The van der Waals surface area contributed by atoms with E-state index < -0.39 is 0 Å². The van der Waals surface area contributed by atoms with Gasteiger partial charge >= 0.3 is 0 Å². The van der Waals surface area contributed by atoms with Crippen molar-refractivity contribution in [3.05, 3.63) is 293 Å². The number of benzene rings is 11. The van der Waals surface area contributed by atoms with Gasteiger partial charge in [0.1, 0.15) is 0 Å².